The predicted molar refractivity (Wildman–Crippen MR) is 110 cm³/mol. The minimum atomic E-state index is -1.57. The topological polar surface area (TPSA) is 224 Å². The lowest BCUT2D eigenvalue weighted by molar-refractivity contribution is -0.144. The van der Waals surface area contributed by atoms with E-state index in [4.69, 9.17) is 15.3 Å². The van der Waals surface area contributed by atoms with E-state index in [1.54, 1.807) is 13.8 Å². The Balaban J connectivity index is 5.54. The Kier molecular flexibility index (Phi) is 13.0. The summed E-state index contributed by atoms with van der Waals surface area (Å²) in [6.07, 6.45) is -3.10. The summed E-state index contributed by atoms with van der Waals surface area (Å²) in [5, 5.41) is 40.3. The van der Waals surface area contributed by atoms with E-state index >= 15 is 0 Å². The average Bonchev–Trinajstić information content (AvgIpc) is 2.69. The van der Waals surface area contributed by atoms with E-state index in [1.807, 2.05) is 0 Å². The highest BCUT2D eigenvalue weighted by molar-refractivity contribution is 5.94. The van der Waals surface area contributed by atoms with Gasteiger partial charge in [0.25, 0.3) is 0 Å². The van der Waals surface area contributed by atoms with Crippen LogP contribution in [0.25, 0.3) is 0 Å². The lowest BCUT2D eigenvalue weighted by atomic mass is 9.91. The van der Waals surface area contributed by atoms with E-state index in [1.165, 1.54) is 0 Å². The second kappa shape index (κ2) is 14.5. The van der Waals surface area contributed by atoms with Gasteiger partial charge in [-0.1, -0.05) is 13.8 Å². The summed E-state index contributed by atoms with van der Waals surface area (Å²) in [6, 6.07) is -2.81. The van der Waals surface area contributed by atoms with Gasteiger partial charge in [-0.3, -0.25) is 28.8 Å². The quantitative estimate of drug-likeness (QED) is 0.163. The third-order valence-electron chi connectivity index (χ3n) is 4.66. The molecule has 0 radical (unpaired) electrons. The maximum Gasteiger partial charge on any atom is 0.326 e. The molecule has 0 aromatic heterocycles. The minimum absolute atomic E-state index is 0.254. The molecule has 33 heavy (non-hydrogen) atoms. The molecule has 0 heterocycles. The number of ketones is 1. The van der Waals surface area contributed by atoms with Crippen LogP contribution in [0, 0.1) is 11.8 Å². The number of Topliss-reactive ketones (excluding diaryl/α,β-unsaturated/α-hetero) is 1. The molecular weight excluding hydrogens is 444 g/mol. The molecule has 0 aromatic carbocycles. The van der Waals surface area contributed by atoms with Crippen molar-refractivity contribution in [2.75, 3.05) is 0 Å². The predicted octanol–water partition coefficient (Wildman–Crippen LogP) is -0.134. The maximum absolute atomic E-state index is 12.8. The van der Waals surface area contributed by atoms with E-state index in [-0.39, 0.29) is 12.8 Å². The van der Waals surface area contributed by atoms with Crippen LogP contribution in [-0.2, 0) is 33.6 Å². The van der Waals surface area contributed by atoms with Crippen molar-refractivity contribution in [3.63, 3.8) is 0 Å². The molecule has 13 heteroatoms. The number of amides is 2. The molecular formula is C20H30N2O11. The van der Waals surface area contributed by atoms with E-state index in [2.05, 4.69) is 10.6 Å². The Morgan fingerprint density at radius 1 is 0.636 bits per heavy atom. The van der Waals surface area contributed by atoms with Gasteiger partial charge in [0.05, 0.1) is 6.04 Å². The number of carboxylic acid groups (broad SMARTS) is 4. The van der Waals surface area contributed by atoms with E-state index < -0.39 is 97.5 Å². The van der Waals surface area contributed by atoms with Crippen LogP contribution in [0.2, 0.25) is 0 Å². The first kappa shape index (κ1) is 29.5. The molecule has 3 atom stereocenters. The van der Waals surface area contributed by atoms with Crippen molar-refractivity contribution in [3.05, 3.63) is 0 Å². The van der Waals surface area contributed by atoms with Crippen LogP contribution in [0.1, 0.15) is 58.8 Å². The largest absolute Gasteiger partial charge is 0.481 e. The number of nitrogens with one attached hydrogen (secondary N) is 2. The van der Waals surface area contributed by atoms with E-state index in [9.17, 15) is 38.7 Å². The summed E-state index contributed by atoms with van der Waals surface area (Å²) >= 11 is 0. The third-order valence-corrected chi connectivity index (χ3v) is 4.66. The van der Waals surface area contributed by atoms with Crippen LogP contribution in [0.15, 0.2) is 0 Å². The van der Waals surface area contributed by atoms with Crippen molar-refractivity contribution < 1.29 is 54.0 Å². The molecule has 13 nitrogen and oxygen atoms in total. The number of carboxylic acids is 4. The van der Waals surface area contributed by atoms with Gasteiger partial charge in [-0.25, -0.2) is 4.79 Å². The number of carbonyl (C=O) groups is 7. The Labute approximate surface area is 189 Å². The summed E-state index contributed by atoms with van der Waals surface area (Å²) in [7, 11) is 0. The molecule has 186 valence electrons. The Hall–Kier alpha value is -3.51. The summed E-state index contributed by atoms with van der Waals surface area (Å²) < 4.78 is 0. The summed E-state index contributed by atoms with van der Waals surface area (Å²) in [4.78, 5) is 81.3. The number of rotatable bonds is 17. The third kappa shape index (κ3) is 12.8. The van der Waals surface area contributed by atoms with Crippen LogP contribution in [0.5, 0.6) is 0 Å². The lowest BCUT2D eigenvalue weighted by Crippen LogP contribution is -2.47. The molecule has 0 aromatic rings. The zero-order chi connectivity index (χ0) is 25.7. The van der Waals surface area contributed by atoms with Crippen LogP contribution < -0.4 is 10.6 Å². The zero-order valence-corrected chi connectivity index (χ0v) is 18.4. The molecule has 0 aliphatic rings. The second-order valence-corrected chi connectivity index (χ2v) is 7.78. The molecule has 0 unspecified atom stereocenters. The number of carbonyl (C=O) groups excluding carboxylic acids is 3. The Morgan fingerprint density at radius 3 is 1.48 bits per heavy atom. The van der Waals surface area contributed by atoms with Crippen molar-refractivity contribution in [1.29, 1.82) is 0 Å². The highest BCUT2D eigenvalue weighted by atomic mass is 16.4. The van der Waals surface area contributed by atoms with Gasteiger partial charge >= 0.3 is 23.9 Å². The van der Waals surface area contributed by atoms with Crippen LogP contribution in [0.3, 0.4) is 0 Å². The molecule has 0 aliphatic heterocycles. The highest BCUT2D eigenvalue weighted by Gasteiger charge is 2.31. The number of hydrogen-bond acceptors (Lipinski definition) is 7. The van der Waals surface area contributed by atoms with Gasteiger partial charge in [0.2, 0.25) is 11.8 Å². The Morgan fingerprint density at radius 2 is 1.06 bits per heavy atom. The van der Waals surface area contributed by atoms with Gasteiger partial charge < -0.3 is 31.1 Å². The number of aliphatic carboxylic acids is 4. The summed E-state index contributed by atoms with van der Waals surface area (Å²) in [6.45, 7) is 3.11. The van der Waals surface area contributed by atoms with Crippen LogP contribution in [-0.4, -0.2) is 74.0 Å². The SMILES string of the molecule is CC(C)C(=O)N[C@@H](CCC(=O)O)C(=O)C[C@@H](CCC(=O)O)C(=O)N[C@@H](CCC(=O)O)C(=O)O. The molecule has 0 aliphatic carbocycles. The molecule has 6 N–H and O–H groups in total. The number of hydrogen-bond donors (Lipinski definition) is 6. The second-order valence-electron chi connectivity index (χ2n) is 7.78. The fraction of sp³-hybridized carbons (Fsp3) is 0.650. The zero-order valence-electron chi connectivity index (χ0n) is 18.4. The molecule has 0 saturated carbocycles. The minimum Gasteiger partial charge on any atom is -0.481 e. The normalized spacial score (nSPS) is 13.4. The van der Waals surface area contributed by atoms with E-state index in [0.717, 1.165) is 0 Å². The first-order valence-corrected chi connectivity index (χ1v) is 10.3. The maximum atomic E-state index is 12.8. The smallest absolute Gasteiger partial charge is 0.326 e. The van der Waals surface area contributed by atoms with Crippen molar-refractivity contribution in [1.82, 2.24) is 10.6 Å². The molecule has 0 fully saturated rings. The van der Waals surface area contributed by atoms with Crippen molar-refractivity contribution >= 4 is 41.5 Å². The van der Waals surface area contributed by atoms with Gasteiger partial charge in [-0.15, -0.1) is 0 Å². The van der Waals surface area contributed by atoms with Crippen LogP contribution in [0.4, 0.5) is 0 Å². The van der Waals surface area contributed by atoms with Crippen molar-refractivity contribution in [2.24, 2.45) is 11.8 Å². The monoisotopic (exact) mass is 474 g/mol. The van der Waals surface area contributed by atoms with Gasteiger partial charge in [0, 0.05) is 37.5 Å². The summed E-state index contributed by atoms with van der Waals surface area (Å²) in [5.74, 6) is -9.27. The van der Waals surface area contributed by atoms with Gasteiger partial charge in [0.1, 0.15) is 6.04 Å². The van der Waals surface area contributed by atoms with Crippen LogP contribution >= 0.6 is 0 Å². The molecule has 0 saturated heterocycles. The van der Waals surface area contributed by atoms with Gasteiger partial charge in [-0.05, 0) is 19.3 Å². The van der Waals surface area contributed by atoms with E-state index in [0.29, 0.717) is 0 Å². The first-order valence-electron chi connectivity index (χ1n) is 10.3. The van der Waals surface area contributed by atoms with Gasteiger partial charge in [0.15, 0.2) is 5.78 Å². The van der Waals surface area contributed by atoms with Crippen molar-refractivity contribution in [3.8, 4) is 0 Å². The van der Waals surface area contributed by atoms with Crippen molar-refractivity contribution in [2.45, 2.75) is 70.9 Å². The Bertz CT molecular complexity index is 763. The standard InChI is InChI=1S/C20H30N2O11/c1-10(2)18(30)21-12(4-7-16(26)27)14(23)9-11(3-6-15(24)25)19(31)22-13(20(32)33)5-8-17(28)29/h10-13H,3-9H2,1-2H3,(H,21,30)(H,22,31)(H,24,25)(H,26,27)(H,28,29)(H,32,33)/t11-,12+,13+/m1/s1. The fourth-order valence-corrected chi connectivity index (χ4v) is 2.74. The summed E-state index contributed by atoms with van der Waals surface area (Å²) in [5.41, 5.74) is 0. The first-order chi connectivity index (χ1) is 15.2. The highest BCUT2D eigenvalue weighted by Crippen LogP contribution is 2.17. The average molecular weight is 474 g/mol. The van der Waals surface area contributed by atoms with Gasteiger partial charge in [-0.2, -0.15) is 0 Å². The molecule has 0 rings (SSSR count). The fourth-order valence-electron chi connectivity index (χ4n) is 2.74. The lowest BCUT2D eigenvalue weighted by Gasteiger charge is -2.23. The molecule has 0 bridgehead atoms. The molecule has 2 amide bonds. The molecule has 0 spiro atoms.